The fourth-order valence-corrected chi connectivity index (χ4v) is 2.41. The van der Waals surface area contributed by atoms with Crippen LogP contribution in [0, 0.1) is 19.8 Å². The summed E-state index contributed by atoms with van der Waals surface area (Å²) in [6.07, 6.45) is 0. The molecule has 0 aromatic heterocycles. The van der Waals surface area contributed by atoms with Gasteiger partial charge >= 0.3 is 0 Å². The number of thioether (sulfide) groups is 1. The summed E-state index contributed by atoms with van der Waals surface area (Å²) in [7, 11) is 0. The van der Waals surface area contributed by atoms with E-state index in [0.29, 0.717) is 18.2 Å². The number of hydrogen-bond acceptors (Lipinski definition) is 3. The molecule has 4 heteroatoms. The van der Waals surface area contributed by atoms with Crippen LogP contribution in [0.1, 0.15) is 18.1 Å². The highest BCUT2D eigenvalue weighted by molar-refractivity contribution is 7.99. The van der Waals surface area contributed by atoms with E-state index in [4.69, 9.17) is 5.73 Å². The second-order valence-electron chi connectivity index (χ2n) is 4.65. The lowest BCUT2D eigenvalue weighted by atomic mass is 10.1. The van der Waals surface area contributed by atoms with Gasteiger partial charge in [-0.25, -0.2) is 0 Å². The van der Waals surface area contributed by atoms with Crippen molar-refractivity contribution in [2.24, 2.45) is 11.7 Å². The Hall–Kier alpha value is -1.00. The summed E-state index contributed by atoms with van der Waals surface area (Å²) < 4.78 is 0. The lowest BCUT2D eigenvalue weighted by Gasteiger charge is -2.11. The van der Waals surface area contributed by atoms with Gasteiger partial charge in [0.05, 0.1) is 5.75 Å². The van der Waals surface area contributed by atoms with Crippen molar-refractivity contribution in [3.05, 3.63) is 29.3 Å². The first-order valence-electron chi connectivity index (χ1n) is 6.18. The van der Waals surface area contributed by atoms with Crippen LogP contribution in [0.4, 0.5) is 5.69 Å². The highest BCUT2D eigenvalue weighted by Crippen LogP contribution is 2.18. The maximum absolute atomic E-state index is 11.8. The summed E-state index contributed by atoms with van der Waals surface area (Å²) in [5, 5.41) is 2.95. The third-order valence-electron chi connectivity index (χ3n) is 2.92. The van der Waals surface area contributed by atoms with Gasteiger partial charge in [0.15, 0.2) is 0 Å². The van der Waals surface area contributed by atoms with E-state index >= 15 is 0 Å². The number of nitrogens with one attached hydrogen (secondary N) is 1. The van der Waals surface area contributed by atoms with E-state index in [0.717, 1.165) is 17.0 Å². The van der Waals surface area contributed by atoms with Gasteiger partial charge in [0.1, 0.15) is 0 Å². The Bertz CT molecular complexity index is 407. The summed E-state index contributed by atoms with van der Waals surface area (Å²) in [6.45, 7) is 6.83. The van der Waals surface area contributed by atoms with Crippen LogP contribution < -0.4 is 11.1 Å². The van der Waals surface area contributed by atoms with Crippen molar-refractivity contribution < 1.29 is 4.79 Å². The predicted molar refractivity (Wildman–Crippen MR) is 80.1 cm³/mol. The third-order valence-corrected chi connectivity index (χ3v) is 4.19. The zero-order valence-electron chi connectivity index (χ0n) is 11.3. The van der Waals surface area contributed by atoms with Crippen LogP contribution in [0.3, 0.4) is 0 Å². The maximum Gasteiger partial charge on any atom is 0.234 e. The van der Waals surface area contributed by atoms with Crippen LogP contribution in [0.2, 0.25) is 0 Å². The topological polar surface area (TPSA) is 55.1 Å². The minimum absolute atomic E-state index is 0.0536. The molecule has 0 aliphatic carbocycles. The number of aryl methyl sites for hydroxylation is 1. The van der Waals surface area contributed by atoms with E-state index in [1.54, 1.807) is 11.8 Å². The van der Waals surface area contributed by atoms with Gasteiger partial charge in [-0.15, -0.1) is 0 Å². The largest absolute Gasteiger partial charge is 0.330 e. The molecule has 0 aliphatic heterocycles. The Kier molecular flexibility index (Phi) is 6.22. The Labute approximate surface area is 114 Å². The summed E-state index contributed by atoms with van der Waals surface area (Å²) >= 11 is 1.63. The van der Waals surface area contributed by atoms with Crippen molar-refractivity contribution in [3.8, 4) is 0 Å². The number of carbonyl (C=O) groups is 1. The maximum atomic E-state index is 11.8. The van der Waals surface area contributed by atoms with Crippen molar-refractivity contribution in [2.45, 2.75) is 20.8 Å². The van der Waals surface area contributed by atoms with Gasteiger partial charge in [0, 0.05) is 5.69 Å². The quantitative estimate of drug-likeness (QED) is 0.832. The molecule has 0 saturated carbocycles. The number of hydrogen-bond donors (Lipinski definition) is 2. The SMILES string of the molecule is Cc1cccc(NC(=O)CSCC(C)CN)c1C. The fourth-order valence-electron chi connectivity index (χ4n) is 1.49. The molecule has 100 valence electrons. The van der Waals surface area contributed by atoms with E-state index in [9.17, 15) is 4.79 Å². The van der Waals surface area contributed by atoms with Crippen molar-refractivity contribution in [2.75, 3.05) is 23.4 Å². The molecule has 18 heavy (non-hydrogen) atoms. The average Bonchev–Trinajstić information content (AvgIpc) is 2.34. The predicted octanol–water partition coefficient (Wildman–Crippen LogP) is 2.57. The lowest BCUT2D eigenvalue weighted by molar-refractivity contribution is -0.113. The first kappa shape index (κ1) is 15.1. The normalized spacial score (nSPS) is 12.2. The lowest BCUT2D eigenvalue weighted by Crippen LogP contribution is -2.18. The van der Waals surface area contributed by atoms with Crippen molar-refractivity contribution in [1.82, 2.24) is 0 Å². The van der Waals surface area contributed by atoms with Crippen LogP contribution in [0.25, 0.3) is 0 Å². The molecule has 0 bridgehead atoms. The van der Waals surface area contributed by atoms with Gasteiger partial charge < -0.3 is 11.1 Å². The molecule has 1 amide bonds. The highest BCUT2D eigenvalue weighted by Gasteiger charge is 2.07. The highest BCUT2D eigenvalue weighted by atomic mass is 32.2. The minimum atomic E-state index is 0.0536. The second-order valence-corrected chi connectivity index (χ2v) is 5.68. The molecule has 1 unspecified atom stereocenters. The Balaban J connectivity index is 2.43. The zero-order valence-corrected chi connectivity index (χ0v) is 12.1. The number of amides is 1. The Morgan fingerprint density at radius 3 is 2.83 bits per heavy atom. The average molecular weight is 266 g/mol. The van der Waals surface area contributed by atoms with E-state index in [1.807, 2.05) is 32.0 Å². The molecule has 0 spiro atoms. The van der Waals surface area contributed by atoms with E-state index < -0.39 is 0 Å². The summed E-state index contributed by atoms with van der Waals surface area (Å²) in [4.78, 5) is 11.8. The number of nitrogens with two attached hydrogens (primary N) is 1. The molecular weight excluding hydrogens is 244 g/mol. The van der Waals surface area contributed by atoms with Gasteiger partial charge in [-0.05, 0) is 49.3 Å². The first-order valence-corrected chi connectivity index (χ1v) is 7.34. The van der Waals surface area contributed by atoms with E-state index in [-0.39, 0.29) is 5.91 Å². The summed E-state index contributed by atoms with van der Waals surface area (Å²) in [6, 6.07) is 5.94. The molecule has 0 fully saturated rings. The summed E-state index contributed by atoms with van der Waals surface area (Å²) in [5.41, 5.74) is 8.77. The van der Waals surface area contributed by atoms with E-state index in [2.05, 4.69) is 12.2 Å². The Morgan fingerprint density at radius 1 is 1.44 bits per heavy atom. The van der Waals surface area contributed by atoms with Crippen LogP contribution in [0.5, 0.6) is 0 Å². The molecule has 3 N–H and O–H groups in total. The van der Waals surface area contributed by atoms with Gasteiger partial charge in [0.25, 0.3) is 0 Å². The monoisotopic (exact) mass is 266 g/mol. The van der Waals surface area contributed by atoms with Gasteiger partial charge in [0.2, 0.25) is 5.91 Å². The number of carbonyl (C=O) groups excluding carboxylic acids is 1. The molecule has 1 atom stereocenters. The van der Waals surface area contributed by atoms with Crippen LogP contribution in [-0.4, -0.2) is 24.0 Å². The molecule has 1 rings (SSSR count). The third kappa shape index (κ3) is 4.70. The number of benzene rings is 1. The van der Waals surface area contributed by atoms with E-state index in [1.165, 1.54) is 5.56 Å². The molecule has 1 aromatic rings. The smallest absolute Gasteiger partial charge is 0.234 e. The van der Waals surface area contributed by atoms with Crippen molar-refractivity contribution >= 4 is 23.4 Å². The molecule has 3 nitrogen and oxygen atoms in total. The molecule has 0 radical (unpaired) electrons. The first-order chi connectivity index (χ1) is 8.54. The standard InChI is InChI=1S/C14H22N2OS/c1-10(7-15)8-18-9-14(17)16-13-6-4-5-11(2)12(13)3/h4-6,10H,7-9,15H2,1-3H3,(H,16,17). The van der Waals surface area contributed by atoms with Crippen LogP contribution >= 0.6 is 11.8 Å². The van der Waals surface area contributed by atoms with Crippen molar-refractivity contribution in [1.29, 1.82) is 0 Å². The fraction of sp³-hybridized carbons (Fsp3) is 0.500. The molecule has 1 aromatic carbocycles. The van der Waals surface area contributed by atoms with Gasteiger partial charge in [-0.1, -0.05) is 19.1 Å². The number of anilines is 1. The molecule has 0 heterocycles. The van der Waals surface area contributed by atoms with Crippen LogP contribution in [-0.2, 0) is 4.79 Å². The molecular formula is C14H22N2OS. The molecule has 0 saturated heterocycles. The molecule has 0 aliphatic rings. The van der Waals surface area contributed by atoms with Gasteiger partial charge in [-0.2, -0.15) is 11.8 Å². The second kappa shape index (κ2) is 7.44. The van der Waals surface area contributed by atoms with Gasteiger partial charge in [-0.3, -0.25) is 4.79 Å². The Morgan fingerprint density at radius 2 is 2.17 bits per heavy atom. The minimum Gasteiger partial charge on any atom is -0.330 e. The summed E-state index contributed by atoms with van der Waals surface area (Å²) in [5.74, 6) is 1.93. The number of rotatable bonds is 6. The zero-order chi connectivity index (χ0) is 13.5. The van der Waals surface area contributed by atoms with Crippen molar-refractivity contribution in [3.63, 3.8) is 0 Å². The van der Waals surface area contributed by atoms with Crippen LogP contribution in [0.15, 0.2) is 18.2 Å².